The van der Waals surface area contributed by atoms with Gasteiger partial charge in [0, 0.05) is 16.8 Å². The molecule has 1 aliphatic rings. The first-order valence-electron chi connectivity index (χ1n) is 8.19. The maximum atomic E-state index is 12.7. The smallest absolute Gasteiger partial charge is 0.267 e. The molecular formula is C18H19ClN2O6S. The Morgan fingerprint density at radius 3 is 2.54 bits per heavy atom. The minimum atomic E-state index is -3.64. The zero-order valence-corrected chi connectivity index (χ0v) is 17.0. The molecule has 0 bridgehead atoms. The second-order valence-electron chi connectivity index (χ2n) is 6.07. The third-order valence-electron chi connectivity index (χ3n) is 4.13. The largest absolute Gasteiger partial charge is 0.493 e. The van der Waals surface area contributed by atoms with Gasteiger partial charge < -0.3 is 19.5 Å². The van der Waals surface area contributed by atoms with Crippen LogP contribution in [0.4, 0.5) is 11.4 Å². The van der Waals surface area contributed by atoms with Gasteiger partial charge in [0.25, 0.3) is 5.91 Å². The van der Waals surface area contributed by atoms with Crippen molar-refractivity contribution >= 4 is 38.9 Å². The van der Waals surface area contributed by atoms with E-state index in [1.165, 1.54) is 26.4 Å². The van der Waals surface area contributed by atoms with E-state index in [0.29, 0.717) is 27.9 Å². The van der Waals surface area contributed by atoms with Crippen LogP contribution in [0, 0.1) is 0 Å². The summed E-state index contributed by atoms with van der Waals surface area (Å²) in [6.45, 7) is -0.175. The van der Waals surface area contributed by atoms with E-state index in [2.05, 4.69) is 5.32 Å². The van der Waals surface area contributed by atoms with Crippen LogP contribution in [0.25, 0.3) is 0 Å². The van der Waals surface area contributed by atoms with Gasteiger partial charge in [-0.15, -0.1) is 0 Å². The molecule has 8 nitrogen and oxygen atoms in total. The number of halogens is 1. The lowest BCUT2D eigenvalue weighted by Gasteiger charge is -2.34. The molecule has 2 aromatic carbocycles. The van der Waals surface area contributed by atoms with E-state index < -0.39 is 22.0 Å². The molecule has 1 atom stereocenters. The molecule has 0 saturated carbocycles. The first-order valence-corrected chi connectivity index (χ1v) is 10.4. The fraction of sp³-hybridized carbons (Fsp3) is 0.278. The van der Waals surface area contributed by atoms with E-state index >= 15 is 0 Å². The third-order valence-corrected chi connectivity index (χ3v) is 5.52. The van der Waals surface area contributed by atoms with Crippen molar-refractivity contribution in [3.05, 3.63) is 41.4 Å². The summed E-state index contributed by atoms with van der Waals surface area (Å²) >= 11 is 5.97. The van der Waals surface area contributed by atoms with E-state index in [1.54, 1.807) is 24.3 Å². The summed E-state index contributed by atoms with van der Waals surface area (Å²) in [6, 6.07) is 9.48. The number of ether oxygens (including phenoxy) is 3. The molecule has 150 valence electrons. The van der Waals surface area contributed by atoms with Gasteiger partial charge in [-0.2, -0.15) is 0 Å². The molecule has 3 rings (SSSR count). The van der Waals surface area contributed by atoms with Crippen LogP contribution in [0.5, 0.6) is 17.2 Å². The summed E-state index contributed by atoms with van der Waals surface area (Å²) in [7, 11) is -0.642. The number of nitrogens with one attached hydrogen (secondary N) is 1. The molecule has 0 saturated heterocycles. The molecule has 0 spiro atoms. The Bertz CT molecular complexity index is 1010. The maximum absolute atomic E-state index is 12.7. The fourth-order valence-electron chi connectivity index (χ4n) is 2.81. The number of rotatable bonds is 5. The number of benzene rings is 2. The molecule has 1 N–H and O–H groups in total. The predicted molar refractivity (Wildman–Crippen MR) is 106 cm³/mol. The number of hydrogen-bond donors (Lipinski definition) is 1. The van der Waals surface area contributed by atoms with Crippen molar-refractivity contribution in [3.8, 4) is 17.2 Å². The summed E-state index contributed by atoms with van der Waals surface area (Å²) in [5.41, 5.74) is 0.754. The van der Waals surface area contributed by atoms with Crippen LogP contribution >= 0.6 is 11.6 Å². The highest BCUT2D eigenvalue weighted by atomic mass is 35.5. The van der Waals surface area contributed by atoms with E-state index in [1.807, 2.05) is 0 Å². The topological polar surface area (TPSA) is 94.2 Å². The number of anilines is 2. The second-order valence-corrected chi connectivity index (χ2v) is 8.41. The van der Waals surface area contributed by atoms with Gasteiger partial charge in [-0.25, -0.2) is 8.42 Å². The number of carbonyl (C=O) groups is 1. The number of methoxy groups -OCH3 is 2. The Kier molecular flexibility index (Phi) is 5.57. The number of carbonyl (C=O) groups excluding carboxylic acids is 1. The molecular weight excluding hydrogens is 408 g/mol. The number of nitrogens with zero attached hydrogens (tertiary/aromatic N) is 1. The zero-order valence-electron chi connectivity index (χ0n) is 15.4. The van der Waals surface area contributed by atoms with Crippen molar-refractivity contribution in [2.45, 2.75) is 6.10 Å². The number of amides is 1. The summed E-state index contributed by atoms with van der Waals surface area (Å²) in [4.78, 5) is 12.7. The van der Waals surface area contributed by atoms with Crippen molar-refractivity contribution in [1.82, 2.24) is 0 Å². The molecule has 10 heteroatoms. The Labute approximate surface area is 168 Å². The van der Waals surface area contributed by atoms with Gasteiger partial charge in [0.15, 0.2) is 17.6 Å². The van der Waals surface area contributed by atoms with E-state index in [9.17, 15) is 13.2 Å². The fourth-order valence-corrected chi connectivity index (χ4v) is 3.88. The molecule has 0 radical (unpaired) electrons. The Hall–Kier alpha value is -2.65. The van der Waals surface area contributed by atoms with Crippen molar-refractivity contribution in [1.29, 1.82) is 0 Å². The highest BCUT2D eigenvalue weighted by Gasteiger charge is 2.35. The minimum absolute atomic E-state index is 0.175. The average molecular weight is 427 g/mol. The molecule has 2 aromatic rings. The van der Waals surface area contributed by atoms with Crippen LogP contribution in [-0.2, 0) is 14.8 Å². The van der Waals surface area contributed by atoms with Gasteiger partial charge in [0.1, 0.15) is 5.75 Å². The predicted octanol–water partition coefficient (Wildman–Crippen LogP) is 2.52. The van der Waals surface area contributed by atoms with Crippen molar-refractivity contribution < 1.29 is 27.4 Å². The monoisotopic (exact) mass is 426 g/mol. The molecule has 0 fully saturated rings. The van der Waals surface area contributed by atoms with Gasteiger partial charge in [-0.1, -0.05) is 11.6 Å². The first kappa shape index (κ1) is 20.1. The van der Waals surface area contributed by atoms with Crippen molar-refractivity contribution in [3.63, 3.8) is 0 Å². The Balaban J connectivity index is 1.86. The lowest BCUT2D eigenvalue weighted by Crippen LogP contribution is -2.48. The Morgan fingerprint density at radius 2 is 1.89 bits per heavy atom. The molecule has 28 heavy (non-hydrogen) atoms. The summed E-state index contributed by atoms with van der Waals surface area (Å²) in [5, 5.41) is 3.07. The van der Waals surface area contributed by atoms with Gasteiger partial charge in [-0.05, 0) is 30.3 Å². The SMILES string of the molecule is COc1ccc(NC(=O)[C@H]2CN(S(C)(=O)=O)c3cc(Cl)ccc3O2)cc1OC. The minimum Gasteiger partial charge on any atom is -0.493 e. The normalized spacial score (nSPS) is 16.0. The molecule has 1 aliphatic heterocycles. The number of sulfonamides is 1. The molecule has 0 aromatic heterocycles. The van der Waals surface area contributed by atoms with Gasteiger partial charge in [0.05, 0.1) is 32.7 Å². The van der Waals surface area contributed by atoms with Gasteiger partial charge >= 0.3 is 0 Å². The zero-order chi connectivity index (χ0) is 20.5. The second kappa shape index (κ2) is 7.76. The first-order chi connectivity index (χ1) is 13.2. The van der Waals surface area contributed by atoms with Gasteiger partial charge in [-0.3, -0.25) is 9.10 Å². The quantitative estimate of drug-likeness (QED) is 0.789. The lowest BCUT2D eigenvalue weighted by atomic mass is 10.2. The number of fused-ring (bicyclic) bond motifs is 1. The molecule has 1 heterocycles. The summed E-state index contributed by atoms with van der Waals surface area (Å²) < 4.78 is 41.6. The van der Waals surface area contributed by atoms with Crippen LogP contribution < -0.4 is 23.8 Å². The Morgan fingerprint density at radius 1 is 1.18 bits per heavy atom. The summed E-state index contributed by atoms with van der Waals surface area (Å²) in [6.07, 6.45) is 0.0169. The van der Waals surface area contributed by atoms with E-state index in [-0.39, 0.29) is 12.3 Å². The van der Waals surface area contributed by atoms with E-state index in [0.717, 1.165) is 10.6 Å². The van der Waals surface area contributed by atoms with Crippen LogP contribution in [0.2, 0.25) is 5.02 Å². The van der Waals surface area contributed by atoms with Crippen LogP contribution in [0.1, 0.15) is 0 Å². The molecule has 0 aliphatic carbocycles. The van der Waals surface area contributed by atoms with E-state index in [4.69, 9.17) is 25.8 Å². The highest BCUT2D eigenvalue weighted by Crippen LogP contribution is 2.37. The highest BCUT2D eigenvalue weighted by molar-refractivity contribution is 7.92. The number of hydrogen-bond acceptors (Lipinski definition) is 6. The van der Waals surface area contributed by atoms with Crippen LogP contribution in [0.15, 0.2) is 36.4 Å². The third kappa shape index (κ3) is 4.10. The van der Waals surface area contributed by atoms with Crippen molar-refractivity contribution in [2.24, 2.45) is 0 Å². The maximum Gasteiger partial charge on any atom is 0.267 e. The van der Waals surface area contributed by atoms with Gasteiger partial charge in [0.2, 0.25) is 10.0 Å². The molecule has 0 unspecified atom stereocenters. The van der Waals surface area contributed by atoms with Crippen LogP contribution in [0.3, 0.4) is 0 Å². The average Bonchev–Trinajstić information content (AvgIpc) is 2.66. The lowest BCUT2D eigenvalue weighted by molar-refractivity contribution is -0.122. The standard InChI is InChI=1S/C18H19ClN2O6S/c1-25-15-7-5-12(9-16(15)26-2)20-18(22)17-10-21(28(3,23)24)13-8-11(19)4-6-14(13)27-17/h4-9,17H,10H2,1-3H3,(H,20,22)/t17-/m1/s1. The van der Waals surface area contributed by atoms with Crippen molar-refractivity contribution in [2.75, 3.05) is 36.6 Å². The summed E-state index contributed by atoms with van der Waals surface area (Å²) in [5.74, 6) is 0.723. The molecule has 1 amide bonds. The van der Waals surface area contributed by atoms with Crippen LogP contribution in [-0.4, -0.2) is 47.4 Å².